The molecule has 6 nitrogen and oxygen atoms in total. The molecule has 0 aromatic carbocycles. The molecule has 22 heavy (non-hydrogen) atoms. The van der Waals surface area contributed by atoms with Gasteiger partial charge in [0.15, 0.2) is 5.69 Å². The molecule has 3 rings (SSSR count). The molecule has 1 aliphatic rings. The van der Waals surface area contributed by atoms with E-state index < -0.39 is 0 Å². The van der Waals surface area contributed by atoms with Crippen LogP contribution in [0.15, 0.2) is 16.7 Å². The third-order valence-corrected chi connectivity index (χ3v) is 4.22. The molecular weight excluding hydrogens is 280 g/mol. The molecule has 0 radical (unpaired) electrons. The lowest BCUT2D eigenvalue weighted by atomic mass is 10.0. The highest BCUT2D eigenvalue weighted by atomic mass is 16.5. The van der Waals surface area contributed by atoms with Crippen LogP contribution in [0.25, 0.3) is 0 Å². The maximum absolute atomic E-state index is 12.7. The number of nitrogens with zero attached hydrogens (tertiary/aromatic N) is 4. The van der Waals surface area contributed by atoms with Crippen molar-refractivity contribution in [2.45, 2.75) is 52.6 Å². The van der Waals surface area contributed by atoms with E-state index in [4.69, 9.17) is 4.52 Å². The summed E-state index contributed by atoms with van der Waals surface area (Å²) in [6.45, 7) is 7.35. The highest BCUT2D eigenvalue weighted by molar-refractivity contribution is 5.92. The summed E-state index contributed by atoms with van der Waals surface area (Å²) in [5.74, 6) is 0.624. The minimum absolute atomic E-state index is 0.0388. The van der Waals surface area contributed by atoms with Gasteiger partial charge in [0.05, 0.1) is 18.3 Å². The third-order valence-electron chi connectivity index (χ3n) is 4.22. The summed E-state index contributed by atoms with van der Waals surface area (Å²) in [6, 6.07) is 3.93. The van der Waals surface area contributed by atoms with Crippen molar-refractivity contribution in [1.82, 2.24) is 19.8 Å². The number of aromatic nitrogens is 3. The summed E-state index contributed by atoms with van der Waals surface area (Å²) in [4.78, 5) is 14.6. The minimum Gasteiger partial charge on any atom is -0.361 e. The Bertz CT molecular complexity index is 673. The molecule has 118 valence electrons. The Kier molecular flexibility index (Phi) is 4.00. The fraction of sp³-hybridized carbons (Fsp3) is 0.562. The van der Waals surface area contributed by atoms with Gasteiger partial charge in [-0.2, -0.15) is 5.10 Å². The molecule has 1 fully saturated rings. The van der Waals surface area contributed by atoms with Crippen molar-refractivity contribution >= 4 is 5.91 Å². The second kappa shape index (κ2) is 5.94. The summed E-state index contributed by atoms with van der Waals surface area (Å²) in [6.07, 6.45) is 3.18. The van der Waals surface area contributed by atoms with Gasteiger partial charge in [0.1, 0.15) is 5.76 Å². The van der Waals surface area contributed by atoms with Crippen LogP contribution in [0.5, 0.6) is 0 Å². The number of carbonyl (C=O) groups excluding carboxylic acids is 1. The predicted molar refractivity (Wildman–Crippen MR) is 81.6 cm³/mol. The van der Waals surface area contributed by atoms with Crippen molar-refractivity contribution in [3.05, 3.63) is 35.0 Å². The van der Waals surface area contributed by atoms with Crippen molar-refractivity contribution in [3.8, 4) is 0 Å². The molecule has 6 heteroatoms. The summed E-state index contributed by atoms with van der Waals surface area (Å²) < 4.78 is 7.04. The number of aryl methyl sites for hydroxylation is 3. The number of hydrogen-bond donors (Lipinski definition) is 0. The maximum Gasteiger partial charge on any atom is 0.276 e. The first kappa shape index (κ1) is 14.8. The van der Waals surface area contributed by atoms with Crippen LogP contribution in [0.4, 0.5) is 0 Å². The van der Waals surface area contributed by atoms with Gasteiger partial charge < -0.3 is 9.42 Å². The van der Waals surface area contributed by atoms with Crippen molar-refractivity contribution < 1.29 is 9.32 Å². The molecule has 0 aliphatic carbocycles. The Morgan fingerprint density at radius 3 is 2.77 bits per heavy atom. The lowest BCUT2D eigenvalue weighted by Gasteiger charge is -2.35. The highest BCUT2D eigenvalue weighted by Crippen LogP contribution is 2.21. The Balaban J connectivity index is 1.79. The van der Waals surface area contributed by atoms with Crippen LogP contribution in [-0.2, 0) is 6.54 Å². The summed E-state index contributed by atoms with van der Waals surface area (Å²) in [5, 5.41) is 8.38. The van der Waals surface area contributed by atoms with Crippen molar-refractivity contribution in [2.75, 3.05) is 6.54 Å². The quantitative estimate of drug-likeness (QED) is 0.874. The third kappa shape index (κ3) is 2.91. The van der Waals surface area contributed by atoms with Gasteiger partial charge in [-0.05, 0) is 46.1 Å². The van der Waals surface area contributed by atoms with Crippen LogP contribution in [0.1, 0.15) is 46.9 Å². The molecule has 0 spiro atoms. The maximum atomic E-state index is 12.7. The number of likely N-dealkylation sites (tertiary alicyclic amines) is 1. The summed E-state index contributed by atoms with van der Waals surface area (Å²) in [7, 11) is 0. The van der Waals surface area contributed by atoms with Crippen LogP contribution in [-0.4, -0.2) is 38.3 Å². The topological polar surface area (TPSA) is 64.2 Å². The average molecular weight is 302 g/mol. The lowest BCUT2D eigenvalue weighted by molar-refractivity contribution is 0.0572. The van der Waals surface area contributed by atoms with Crippen molar-refractivity contribution in [3.63, 3.8) is 0 Å². The van der Waals surface area contributed by atoms with E-state index in [0.717, 1.165) is 43.7 Å². The molecule has 0 N–H and O–H groups in total. The molecule has 0 unspecified atom stereocenters. The van der Waals surface area contributed by atoms with Gasteiger partial charge in [-0.15, -0.1) is 0 Å². The fourth-order valence-corrected chi connectivity index (χ4v) is 3.13. The smallest absolute Gasteiger partial charge is 0.276 e. The Labute approximate surface area is 130 Å². The lowest BCUT2D eigenvalue weighted by Crippen LogP contribution is -2.46. The molecule has 2 aromatic rings. The van der Waals surface area contributed by atoms with Crippen LogP contribution < -0.4 is 0 Å². The molecule has 1 aliphatic heterocycles. The Morgan fingerprint density at radius 2 is 2.14 bits per heavy atom. The van der Waals surface area contributed by atoms with E-state index in [9.17, 15) is 4.79 Å². The monoisotopic (exact) mass is 302 g/mol. The van der Waals surface area contributed by atoms with Gasteiger partial charge in [0.2, 0.25) is 0 Å². The van der Waals surface area contributed by atoms with Gasteiger partial charge in [-0.3, -0.25) is 9.48 Å². The van der Waals surface area contributed by atoms with E-state index in [0.29, 0.717) is 11.5 Å². The number of piperidine rings is 1. The van der Waals surface area contributed by atoms with Gasteiger partial charge >= 0.3 is 0 Å². The van der Waals surface area contributed by atoms with Gasteiger partial charge in [0.25, 0.3) is 5.91 Å². The first-order chi connectivity index (χ1) is 10.5. The van der Waals surface area contributed by atoms with Gasteiger partial charge in [-0.1, -0.05) is 5.16 Å². The molecule has 1 saturated heterocycles. The normalized spacial score (nSPS) is 18.7. The average Bonchev–Trinajstić information content (AvgIpc) is 3.05. The summed E-state index contributed by atoms with van der Waals surface area (Å²) in [5.41, 5.74) is 2.55. The van der Waals surface area contributed by atoms with Gasteiger partial charge in [0, 0.05) is 18.3 Å². The number of rotatable bonds is 3. The SMILES string of the molecule is Cc1cc(C)n(C[C@H]2CCCCN2C(=O)c2cc(C)on2)n1. The zero-order valence-corrected chi connectivity index (χ0v) is 13.4. The minimum atomic E-state index is -0.0388. The van der Waals surface area contributed by atoms with E-state index in [1.54, 1.807) is 13.0 Å². The molecule has 1 amide bonds. The predicted octanol–water partition coefficient (Wildman–Crippen LogP) is 2.49. The molecule has 2 aromatic heterocycles. The first-order valence-electron chi connectivity index (χ1n) is 7.80. The summed E-state index contributed by atoms with van der Waals surface area (Å²) >= 11 is 0. The number of hydrogen-bond acceptors (Lipinski definition) is 4. The standard InChI is InChI=1S/C16H22N4O2/c1-11-8-12(2)20(17-11)10-14-6-4-5-7-19(14)16(21)15-9-13(3)22-18-15/h8-9,14H,4-7,10H2,1-3H3/t14-/m1/s1. The fourth-order valence-electron chi connectivity index (χ4n) is 3.13. The Hall–Kier alpha value is -2.11. The number of carbonyl (C=O) groups is 1. The largest absolute Gasteiger partial charge is 0.361 e. The molecule has 3 heterocycles. The van der Waals surface area contributed by atoms with Crippen LogP contribution in [0.3, 0.4) is 0 Å². The van der Waals surface area contributed by atoms with E-state index in [2.05, 4.69) is 23.2 Å². The van der Waals surface area contributed by atoms with E-state index in [-0.39, 0.29) is 11.9 Å². The van der Waals surface area contributed by atoms with E-state index in [1.165, 1.54) is 0 Å². The number of amides is 1. The van der Waals surface area contributed by atoms with Crippen molar-refractivity contribution in [1.29, 1.82) is 0 Å². The second-order valence-electron chi connectivity index (χ2n) is 6.08. The first-order valence-corrected chi connectivity index (χ1v) is 7.80. The molecular formula is C16H22N4O2. The van der Waals surface area contributed by atoms with Crippen LogP contribution >= 0.6 is 0 Å². The Morgan fingerprint density at radius 1 is 1.32 bits per heavy atom. The second-order valence-corrected chi connectivity index (χ2v) is 6.08. The molecule has 0 saturated carbocycles. The van der Waals surface area contributed by atoms with Gasteiger partial charge in [-0.25, -0.2) is 0 Å². The van der Waals surface area contributed by atoms with E-state index in [1.807, 2.05) is 16.5 Å². The van der Waals surface area contributed by atoms with Crippen LogP contribution in [0, 0.1) is 20.8 Å². The zero-order valence-electron chi connectivity index (χ0n) is 13.4. The zero-order chi connectivity index (χ0) is 15.7. The van der Waals surface area contributed by atoms with Crippen LogP contribution in [0.2, 0.25) is 0 Å². The van der Waals surface area contributed by atoms with Crippen molar-refractivity contribution in [2.24, 2.45) is 0 Å². The molecule has 1 atom stereocenters. The van der Waals surface area contributed by atoms with E-state index >= 15 is 0 Å². The molecule has 0 bridgehead atoms. The highest BCUT2D eigenvalue weighted by Gasteiger charge is 2.29.